The number of rotatable bonds is 4. The summed E-state index contributed by atoms with van der Waals surface area (Å²) in [4.78, 5) is 0. The van der Waals surface area contributed by atoms with E-state index < -0.39 is 0 Å². The highest BCUT2D eigenvalue weighted by Gasteiger charge is 2.33. The molecule has 0 aliphatic rings. The van der Waals surface area contributed by atoms with Gasteiger partial charge >= 0.3 is 0 Å². The van der Waals surface area contributed by atoms with Gasteiger partial charge in [0.25, 0.3) is 0 Å². The first-order valence-corrected chi connectivity index (χ1v) is 4.40. The fourth-order valence-electron chi connectivity index (χ4n) is 1.82. The minimum atomic E-state index is 0.111. The van der Waals surface area contributed by atoms with Gasteiger partial charge in [-0.3, -0.25) is 0 Å². The van der Waals surface area contributed by atoms with Crippen molar-refractivity contribution in [2.24, 2.45) is 17.6 Å². The number of hydrogen-bond donors (Lipinski definition) is 2. The second kappa shape index (κ2) is 4.07. The summed E-state index contributed by atoms with van der Waals surface area (Å²) in [5.41, 5.74) is 5.87. The molecule has 0 aliphatic carbocycles. The molecule has 0 heterocycles. The van der Waals surface area contributed by atoms with Gasteiger partial charge in [0.2, 0.25) is 0 Å². The molecule has 2 nitrogen and oxygen atoms in total. The van der Waals surface area contributed by atoms with Crippen LogP contribution in [0.1, 0.15) is 27.7 Å². The molecule has 3 N–H and O–H groups in total. The Labute approximate surface area is 70.5 Å². The van der Waals surface area contributed by atoms with Gasteiger partial charge in [0, 0.05) is 12.1 Å². The molecular weight excluding hydrogens is 136 g/mol. The summed E-state index contributed by atoms with van der Waals surface area (Å²) >= 11 is 0. The summed E-state index contributed by atoms with van der Waals surface area (Å²) in [6, 6.07) is 0. The molecule has 0 aromatic carbocycles. The molecule has 0 fully saturated rings. The van der Waals surface area contributed by atoms with E-state index in [0.29, 0.717) is 18.4 Å². The van der Waals surface area contributed by atoms with E-state index in [2.05, 4.69) is 33.0 Å². The van der Waals surface area contributed by atoms with E-state index in [1.165, 1.54) is 0 Å². The predicted octanol–water partition coefficient (Wildman–Crippen LogP) is 1.22. The molecular formula is C9H22N2. The van der Waals surface area contributed by atoms with Crippen molar-refractivity contribution in [2.45, 2.75) is 33.2 Å². The number of nitrogens with two attached hydrogens (primary N) is 1. The number of nitrogens with one attached hydrogen (secondary N) is 1. The zero-order valence-electron chi connectivity index (χ0n) is 8.44. The van der Waals surface area contributed by atoms with Crippen molar-refractivity contribution >= 4 is 0 Å². The van der Waals surface area contributed by atoms with Crippen LogP contribution < -0.4 is 11.1 Å². The topological polar surface area (TPSA) is 38.0 Å². The second-order valence-corrected chi connectivity index (χ2v) is 3.80. The van der Waals surface area contributed by atoms with E-state index in [4.69, 9.17) is 5.73 Å². The Morgan fingerprint density at radius 1 is 1.18 bits per heavy atom. The van der Waals surface area contributed by atoms with Crippen LogP contribution in [-0.4, -0.2) is 19.1 Å². The van der Waals surface area contributed by atoms with Gasteiger partial charge in [0.15, 0.2) is 0 Å². The molecule has 0 aliphatic heterocycles. The molecule has 0 atom stereocenters. The molecule has 0 saturated heterocycles. The van der Waals surface area contributed by atoms with Crippen molar-refractivity contribution < 1.29 is 0 Å². The van der Waals surface area contributed by atoms with Crippen LogP contribution in [0.5, 0.6) is 0 Å². The summed E-state index contributed by atoms with van der Waals surface area (Å²) in [5.74, 6) is 1.16. The van der Waals surface area contributed by atoms with Gasteiger partial charge in [-0.2, -0.15) is 0 Å². The van der Waals surface area contributed by atoms with Gasteiger partial charge in [-0.05, 0) is 18.9 Å². The van der Waals surface area contributed by atoms with Crippen molar-refractivity contribution in [1.29, 1.82) is 0 Å². The third kappa shape index (κ3) is 1.94. The molecule has 68 valence electrons. The lowest BCUT2D eigenvalue weighted by Crippen LogP contribution is -2.57. The molecule has 0 spiro atoms. The SMILES string of the molecule is CNC(CN)(C(C)C)C(C)C. The zero-order valence-corrected chi connectivity index (χ0v) is 8.44. The van der Waals surface area contributed by atoms with Crippen LogP contribution in [0.25, 0.3) is 0 Å². The lowest BCUT2D eigenvalue weighted by atomic mass is 9.77. The molecule has 0 unspecified atom stereocenters. The van der Waals surface area contributed by atoms with E-state index in [-0.39, 0.29) is 5.54 Å². The van der Waals surface area contributed by atoms with Gasteiger partial charge in [-0.15, -0.1) is 0 Å². The Bertz CT molecular complexity index is 94.1. The van der Waals surface area contributed by atoms with E-state index in [1.54, 1.807) is 0 Å². The fraction of sp³-hybridized carbons (Fsp3) is 1.00. The largest absolute Gasteiger partial charge is 0.329 e. The maximum Gasteiger partial charge on any atom is 0.0347 e. The Kier molecular flexibility index (Phi) is 4.04. The van der Waals surface area contributed by atoms with E-state index in [9.17, 15) is 0 Å². The van der Waals surface area contributed by atoms with Crippen molar-refractivity contribution in [3.63, 3.8) is 0 Å². The third-order valence-electron chi connectivity index (χ3n) is 2.86. The Morgan fingerprint density at radius 2 is 1.55 bits per heavy atom. The summed E-state index contributed by atoms with van der Waals surface area (Å²) in [7, 11) is 1.99. The normalized spacial score (nSPS) is 13.1. The van der Waals surface area contributed by atoms with Crippen LogP contribution in [0, 0.1) is 11.8 Å². The zero-order chi connectivity index (χ0) is 9.07. The fourth-order valence-corrected chi connectivity index (χ4v) is 1.82. The summed E-state index contributed by atoms with van der Waals surface area (Å²) < 4.78 is 0. The monoisotopic (exact) mass is 158 g/mol. The van der Waals surface area contributed by atoms with Gasteiger partial charge in [0.05, 0.1) is 0 Å². The van der Waals surface area contributed by atoms with E-state index in [1.807, 2.05) is 7.05 Å². The van der Waals surface area contributed by atoms with Crippen molar-refractivity contribution in [2.75, 3.05) is 13.6 Å². The van der Waals surface area contributed by atoms with Gasteiger partial charge in [-0.1, -0.05) is 27.7 Å². The summed E-state index contributed by atoms with van der Waals surface area (Å²) in [6.45, 7) is 9.55. The minimum absolute atomic E-state index is 0.111. The van der Waals surface area contributed by atoms with Crippen LogP contribution >= 0.6 is 0 Å². The third-order valence-corrected chi connectivity index (χ3v) is 2.86. The van der Waals surface area contributed by atoms with E-state index >= 15 is 0 Å². The van der Waals surface area contributed by atoms with Gasteiger partial charge in [-0.25, -0.2) is 0 Å². The molecule has 0 amide bonds. The summed E-state index contributed by atoms with van der Waals surface area (Å²) in [6.07, 6.45) is 0. The maximum absolute atomic E-state index is 5.76. The first-order chi connectivity index (χ1) is 5.01. The number of hydrogen-bond acceptors (Lipinski definition) is 2. The van der Waals surface area contributed by atoms with Crippen LogP contribution in [0.15, 0.2) is 0 Å². The first-order valence-electron chi connectivity index (χ1n) is 4.40. The van der Waals surface area contributed by atoms with Gasteiger partial charge < -0.3 is 11.1 Å². The highest BCUT2D eigenvalue weighted by atomic mass is 15.0. The average Bonchev–Trinajstić information content (AvgIpc) is 1.90. The smallest absolute Gasteiger partial charge is 0.0347 e. The molecule has 0 saturated carbocycles. The van der Waals surface area contributed by atoms with Crippen LogP contribution in [0.4, 0.5) is 0 Å². The molecule has 2 heteroatoms. The standard InChI is InChI=1S/C9H22N2/c1-7(2)9(6-10,11-5)8(3)4/h7-8,11H,6,10H2,1-5H3. The molecule has 0 radical (unpaired) electrons. The molecule has 0 bridgehead atoms. The quantitative estimate of drug-likeness (QED) is 0.645. The average molecular weight is 158 g/mol. The summed E-state index contributed by atoms with van der Waals surface area (Å²) in [5, 5.41) is 3.34. The van der Waals surface area contributed by atoms with Crippen molar-refractivity contribution in [3.05, 3.63) is 0 Å². The Hall–Kier alpha value is -0.0800. The highest BCUT2D eigenvalue weighted by molar-refractivity contribution is 4.93. The highest BCUT2D eigenvalue weighted by Crippen LogP contribution is 2.24. The first kappa shape index (κ1) is 10.9. The Morgan fingerprint density at radius 3 is 1.55 bits per heavy atom. The van der Waals surface area contributed by atoms with Crippen molar-refractivity contribution in [1.82, 2.24) is 5.32 Å². The van der Waals surface area contributed by atoms with Crippen LogP contribution in [0.3, 0.4) is 0 Å². The van der Waals surface area contributed by atoms with Crippen LogP contribution in [0.2, 0.25) is 0 Å². The Balaban J connectivity index is 4.46. The van der Waals surface area contributed by atoms with Crippen molar-refractivity contribution in [3.8, 4) is 0 Å². The molecule has 11 heavy (non-hydrogen) atoms. The van der Waals surface area contributed by atoms with Crippen LogP contribution in [-0.2, 0) is 0 Å². The minimum Gasteiger partial charge on any atom is -0.329 e. The lowest BCUT2D eigenvalue weighted by molar-refractivity contribution is 0.186. The van der Waals surface area contributed by atoms with Gasteiger partial charge in [0.1, 0.15) is 0 Å². The molecule has 0 rings (SSSR count). The lowest BCUT2D eigenvalue weighted by Gasteiger charge is -2.40. The van der Waals surface area contributed by atoms with E-state index in [0.717, 1.165) is 0 Å². The predicted molar refractivity (Wildman–Crippen MR) is 50.5 cm³/mol. The maximum atomic E-state index is 5.76. The molecule has 0 aromatic rings. The second-order valence-electron chi connectivity index (χ2n) is 3.80. The molecule has 0 aromatic heterocycles. The number of likely N-dealkylation sites (N-methyl/N-ethyl adjacent to an activating group) is 1.